The molecule has 0 spiro atoms. The number of rotatable bonds is 5. The lowest BCUT2D eigenvalue weighted by molar-refractivity contribution is 0.0944. The number of hydrogen-bond acceptors (Lipinski definition) is 3. The summed E-state index contributed by atoms with van der Waals surface area (Å²) < 4.78 is 5.55. The van der Waals surface area contributed by atoms with E-state index in [9.17, 15) is 5.11 Å². The van der Waals surface area contributed by atoms with Crippen molar-refractivity contribution in [2.45, 2.75) is 44.3 Å². The monoisotopic (exact) mass is 245 g/mol. The number of nitriles is 1. The molecule has 2 unspecified atom stereocenters. The molecule has 1 aromatic rings. The van der Waals surface area contributed by atoms with E-state index < -0.39 is 6.10 Å². The van der Waals surface area contributed by atoms with E-state index >= 15 is 0 Å². The van der Waals surface area contributed by atoms with Crippen molar-refractivity contribution >= 4 is 0 Å². The molecule has 0 bridgehead atoms. The smallest absolute Gasteiger partial charge is 0.0991 e. The van der Waals surface area contributed by atoms with Crippen molar-refractivity contribution in [3.05, 3.63) is 35.4 Å². The SMILES string of the molecule is N#Cc1cccc(C(O)CCCC2CCCO2)c1. The molecule has 1 heterocycles. The number of aliphatic hydroxyl groups is 1. The Kier molecular flexibility index (Phi) is 4.74. The van der Waals surface area contributed by atoms with E-state index in [1.54, 1.807) is 12.1 Å². The Labute approximate surface area is 108 Å². The van der Waals surface area contributed by atoms with Crippen LogP contribution in [0, 0.1) is 11.3 Å². The third kappa shape index (κ3) is 3.56. The first-order valence-corrected chi connectivity index (χ1v) is 6.59. The van der Waals surface area contributed by atoms with Crippen LogP contribution in [0.3, 0.4) is 0 Å². The molecule has 3 heteroatoms. The molecule has 3 nitrogen and oxygen atoms in total. The van der Waals surface area contributed by atoms with Crippen molar-refractivity contribution < 1.29 is 9.84 Å². The van der Waals surface area contributed by atoms with Crippen LogP contribution in [0.5, 0.6) is 0 Å². The molecule has 0 aromatic heterocycles. The molecule has 2 rings (SSSR count). The summed E-state index contributed by atoms with van der Waals surface area (Å²) in [4.78, 5) is 0. The summed E-state index contributed by atoms with van der Waals surface area (Å²) >= 11 is 0. The van der Waals surface area contributed by atoms with Crippen molar-refractivity contribution in [1.29, 1.82) is 5.26 Å². The highest BCUT2D eigenvalue weighted by Gasteiger charge is 2.16. The molecular formula is C15H19NO2. The van der Waals surface area contributed by atoms with Gasteiger partial charge in [-0.1, -0.05) is 12.1 Å². The molecule has 0 aliphatic carbocycles. The summed E-state index contributed by atoms with van der Waals surface area (Å²) in [6, 6.07) is 9.29. The second kappa shape index (κ2) is 6.53. The lowest BCUT2D eigenvalue weighted by atomic mass is 10.0. The highest BCUT2D eigenvalue weighted by atomic mass is 16.5. The first-order valence-electron chi connectivity index (χ1n) is 6.59. The standard InChI is InChI=1S/C15H19NO2/c16-11-12-4-1-5-13(10-12)15(17)8-2-6-14-7-3-9-18-14/h1,4-5,10,14-15,17H,2-3,6-9H2. The topological polar surface area (TPSA) is 53.2 Å². The zero-order valence-corrected chi connectivity index (χ0v) is 10.5. The zero-order valence-electron chi connectivity index (χ0n) is 10.5. The summed E-state index contributed by atoms with van der Waals surface area (Å²) in [6.07, 6.45) is 4.95. The van der Waals surface area contributed by atoms with Crippen LogP contribution in [0.25, 0.3) is 0 Å². The van der Waals surface area contributed by atoms with Gasteiger partial charge in [0, 0.05) is 6.61 Å². The van der Waals surface area contributed by atoms with Gasteiger partial charge in [0.15, 0.2) is 0 Å². The van der Waals surface area contributed by atoms with Gasteiger partial charge < -0.3 is 9.84 Å². The van der Waals surface area contributed by atoms with Gasteiger partial charge >= 0.3 is 0 Å². The van der Waals surface area contributed by atoms with Crippen molar-refractivity contribution in [3.8, 4) is 6.07 Å². The third-order valence-corrected chi connectivity index (χ3v) is 3.43. The first kappa shape index (κ1) is 13.1. The van der Waals surface area contributed by atoms with Gasteiger partial charge in [0.05, 0.1) is 23.8 Å². The molecule has 2 atom stereocenters. The average Bonchev–Trinajstić information content (AvgIpc) is 2.92. The first-order chi connectivity index (χ1) is 8.79. The average molecular weight is 245 g/mol. The molecular weight excluding hydrogens is 226 g/mol. The van der Waals surface area contributed by atoms with Gasteiger partial charge in [-0.3, -0.25) is 0 Å². The van der Waals surface area contributed by atoms with Crippen LogP contribution in [0.4, 0.5) is 0 Å². The van der Waals surface area contributed by atoms with E-state index in [4.69, 9.17) is 10.00 Å². The van der Waals surface area contributed by atoms with E-state index in [1.807, 2.05) is 12.1 Å². The van der Waals surface area contributed by atoms with E-state index in [2.05, 4.69) is 6.07 Å². The van der Waals surface area contributed by atoms with Crippen molar-refractivity contribution in [2.24, 2.45) is 0 Å². The van der Waals surface area contributed by atoms with E-state index in [1.165, 1.54) is 0 Å². The maximum Gasteiger partial charge on any atom is 0.0991 e. The van der Waals surface area contributed by atoms with Gasteiger partial charge in [0.1, 0.15) is 0 Å². The Morgan fingerprint density at radius 1 is 1.50 bits per heavy atom. The van der Waals surface area contributed by atoms with Crippen LogP contribution < -0.4 is 0 Å². The van der Waals surface area contributed by atoms with Crippen LogP contribution in [0.15, 0.2) is 24.3 Å². The largest absolute Gasteiger partial charge is 0.388 e. The zero-order chi connectivity index (χ0) is 12.8. The van der Waals surface area contributed by atoms with Crippen LogP contribution in [0.1, 0.15) is 49.3 Å². The Morgan fingerprint density at radius 2 is 2.39 bits per heavy atom. The number of aliphatic hydroxyl groups excluding tert-OH is 1. The van der Waals surface area contributed by atoms with Crippen LogP contribution in [-0.2, 0) is 4.74 Å². The Hall–Kier alpha value is -1.37. The van der Waals surface area contributed by atoms with Gasteiger partial charge in [-0.15, -0.1) is 0 Å². The normalized spacial score (nSPS) is 20.6. The lowest BCUT2D eigenvalue weighted by Crippen LogP contribution is -2.06. The minimum Gasteiger partial charge on any atom is -0.388 e. The highest BCUT2D eigenvalue weighted by molar-refractivity contribution is 5.33. The Bertz CT molecular complexity index is 419. The van der Waals surface area contributed by atoms with Crippen molar-refractivity contribution in [3.63, 3.8) is 0 Å². The minimum absolute atomic E-state index is 0.391. The molecule has 96 valence electrons. The molecule has 1 N–H and O–H groups in total. The molecule has 1 aromatic carbocycles. The lowest BCUT2D eigenvalue weighted by Gasteiger charge is -2.13. The second-order valence-corrected chi connectivity index (χ2v) is 4.82. The second-order valence-electron chi connectivity index (χ2n) is 4.82. The molecule has 0 saturated carbocycles. The molecule has 0 amide bonds. The number of benzene rings is 1. The number of ether oxygens (including phenoxy) is 1. The van der Waals surface area contributed by atoms with Gasteiger partial charge in [-0.2, -0.15) is 5.26 Å². The van der Waals surface area contributed by atoms with E-state index in [-0.39, 0.29) is 0 Å². The number of hydrogen-bond donors (Lipinski definition) is 1. The van der Waals surface area contributed by atoms with Gasteiger partial charge in [0.25, 0.3) is 0 Å². The van der Waals surface area contributed by atoms with Crippen LogP contribution in [-0.4, -0.2) is 17.8 Å². The fourth-order valence-electron chi connectivity index (χ4n) is 2.39. The maximum atomic E-state index is 10.1. The van der Waals surface area contributed by atoms with Gasteiger partial charge in [0.2, 0.25) is 0 Å². The summed E-state index contributed by atoms with van der Waals surface area (Å²) in [5, 5.41) is 18.9. The molecule has 1 aliphatic heterocycles. The van der Waals surface area contributed by atoms with Crippen LogP contribution >= 0.6 is 0 Å². The van der Waals surface area contributed by atoms with Gasteiger partial charge in [-0.05, 0) is 49.8 Å². The van der Waals surface area contributed by atoms with E-state index in [0.717, 1.165) is 44.3 Å². The highest BCUT2D eigenvalue weighted by Crippen LogP contribution is 2.23. The predicted molar refractivity (Wildman–Crippen MR) is 68.9 cm³/mol. The third-order valence-electron chi connectivity index (χ3n) is 3.43. The fraction of sp³-hybridized carbons (Fsp3) is 0.533. The predicted octanol–water partition coefficient (Wildman–Crippen LogP) is 2.94. The fourth-order valence-corrected chi connectivity index (χ4v) is 2.39. The molecule has 1 saturated heterocycles. The Morgan fingerprint density at radius 3 is 3.11 bits per heavy atom. The van der Waals surface area contributed by atoms with Gasteiger partial charge in [-0.25, -0.2) is 0 Å². The molecule has 1 aliphatic rings. The molecule has 1 fully saturated rings. The van der Waals surface area contributed by atoms with Crippen molar-refractivity contribution in [2.75, 3.05) is 6.61 Å². The summed E-state index contributed by atoms with van der Waals surface area (Å²) in [6.45, 7) is 0.886. The Balaban J connectivity index is 1.79. The molecule has 0 radical (unpaired) electrons. The van der Waals surface area contributed by atoms with E-state index in [0.29, 0.717) is 11.7 Å². The molecule has 18 heavy (non-hydrogen) atoms. The maximum absolute atomic E-state index is 10.1. The van der Waals surface area contributed by atoms with Crippen LogP contribution in [0.2, 0.25) is 0 Å². The number of nitrogens with zero attached hydrogens (tertiary/aromatic N) is 1. The summed E-state index contributed by atoms with van der Waals surface area (Å²) in [5.41, 5.74) is 1.44. The van der Waals surface area contributed by atoms with Crippen molar-refractivity contribution in [1.82, 2.24) is 0 Å². The quantitative estimate of drug-likeness (QED) is 0.867. The summed E-state index contributed by atoms with van der Waals surface area (Å²) in [7, 11) is 0. The summed E-state index contributed by atoms with van der Waals surface area (Å²) in [5.74, 6) is 0. The minimum atomic E-state index is -0.472.